The van der Waals surface area contributed by atoms with Gasteiger partial charge in [0.05, 0.1) is 10.0 Å². The van der Waals surface area contributed by atoms with Gasteiger partial charge in [-0.2, -0.15) is 0 Å². The summed E-state index contributed by atoms with van der Waals surface area (Å²) in [4.78, 5) is 4.65. The molecule has 0 unspecified atom stereocenters. The highest BCUT2D eigenvalue weighted by Gasteiger charge is 2.34. The highest BCUT2D eigenvalue weighted by molar-refractivity contribution is 6.37. The number of hydrogen-bond acceptors (Lipinski definition) is 3. The Balaban J connectivity index is 1.82. The van der Waals surface area contributed by atoms with E-state index in [-0.39, 0.29) is 22.0 Å². The van der Waals surface area contributed by atoms with E-state index in [0.717, 1.165) is 30.0 Å². The zero-order valence-electron chi connectivity index (χ0n) is 14.0. The molecule has 3 nitrogen and oxygen atoms in total. The van der Waals surface area contributed by atoms with Gasteiger partial charge in [0, 0.05) is 24.5 Å². The van der Waals surface area contributed by atoms with Crippen LogP contribution >= 0.6 is 23.2 Å². The topological polar surface area (TPSA) is 26.7 Å². The molecule has 1 fully saturated rings. The van der Waals surface area contributed by atoms with Crippen LogP contribution in [0.15, 0.2) is 72.8 Å². The van der Waals surface area contributed by atoms with Crippen LogP contribution in [0.2, 0.25) is 10.0 Å². The average Bonchev–Trinajstić information content (AvgIpc) is 3.12. The molecule has 0 saturated carbocycles. The molecule has 4 rings (SSSR count). The summed E-state index contributed by atoms with van der Waals surface area (Å²) in [5, 5.41) is 10.5. The maximum Gasteiger partial charge on any atom is 0.152 e. The van der Waals surface area contributed by atoms with Gasteiger partial charge in [-0.1, -0.05) is 59.6 Å². The summed E-state index contributed by atoms with van der Waals surface area (Å²) in [6.45, 7) is 1.75. The Morgan fingerprint density at radius 3 is 1.58 bits per heavy atom. The van der Waals surface area contributed by atoms with Crippen molar-refractivity contribution in [1.29, 1.82) is 0 Å². The monoisotopic (exact) mass is 384 g/mol. The molecule has 132 valence electrons. The molecule has 1 aliphatic rings. The van der Waals surface area contributed by atoms with Crippen LogP contribution in [0, 0.1) is 0 Å². The molecular weight excluding hydrogens is 367 g/mol. The molecule has 0 radical (unpaired) electrons. The normalized spacial score (nSPS) is 14.8. The van der Waals surface area contributed by atoms with Gasteiger partial charge in [0.2, 0.25) is 0 Å². The lowest BCUT2D eigenvalue weighted by Gasteiger charge is -2.33. The molecule has 0 aromatic heterocycles. The van der Waals surface area contributed by atoms with E-state index in [4.69, 9.17) is 23.2 Å². The van der Waals surface area contributed by atoms with Crippen molar-refractivity contribution in [3.8, 4) is 5.75 Å². The van der Waals surface area contributed by atoms with Gasteiger partial charge < -0.3 is 14.9 Å². The fraction of sp³-hybridized carbons (Fsp3) is 0.143. The number of benzene rings is 3. The Bertz CT molecular complexity index is 832. The maximum absolute atomic E-state index is 9.95. The fourth-order valence-corrected chi connectivity index (χ4v) is 4.01. The molecule has 0 spiro atoms. The summed E-state index contributed by atoms with van der Waals surface area (Å²) in [6.07, 6.45) is -0.0598. The smallest absolute Gasteiger partial charge is 0.152 e. The van der Waals surface area contributed by atoms with Gasteiger partial charge in [-0.3, -0.25) is 0 Å². The number of hydrogen-bond donors (Lipinski definition) is 1. The van der Waals surface area contributed by atoms with Gasteiger partial charge in [-0.05, 0) is 42.0 Å². The first-order valence-corrected chi connectivity index (χ1v) is 9.22. The summed E-state index contributed by atoms with van der Waals surface area (Å²) in [5.41, 5.74) is 3.22. The van der Waals surface area contributed by atoms with E-state index in [9.17, 15) is 5.11 Å². The second-order valence-corrected chi connectivity index (χ2v) is 7.08. The molecule has 1 heterocycles. The van der Waals surface area contributed by atoms with Crippen LogP contribution < -0.4 is 9.80 Å². The molecule has 0 aliphatic carbocycles. The van der Waals surface area contributed by atoms with Gasteiger partial charge in [-0.25, -0.2) is 0 Å². The van der Waals surface area contributed by atoms with Crippen molar-refractivity contribution in [3.05, 3.63) is 88.4 Å². The molecule has 0 atom stereocenters. The number of aromatic hydroxyl groups is 1. The van der Waals surface area contributed by atoms with Crippen molar-refractivity contribution in [2.24, 2.45) is 0 Å². The molecule has 0 bridgehead atoms. The molecule has 1 saturated heterocycles. The minimum Gasteiger partial charge on any atom is -0.505 e. The summed E-state index contributed by atoms with van der Waals surface area (Å²) >= 11 is 12.4. The minimum absolute atomic E-state index is 0.0598. The largest absolute Gasteiger partial charge is 0.505 e. The second kappa shape index (κ2) is 7.10. The van der Waals surface area contributed by atoms with Gasteiger partial charge in [0.25, 0.3) is 0 Å². The molecule has 3 aromatic rings. The van der Waals surface area contributed by atoms with Crippen molar-refractivity contribution in [2.45, 2.75) is 6.17 Å². The maximum atomic E-state index is 9.95. The molecule has 26 heavy (non-hydrogen) atoms. The lowest BCUT2D eigenvalue weighted by molar-refractivity contribution is 0.475. The van der Waals surface area contributed by atoms with Crippen LogP contribution in [0.1, 0.15) is 11.7 Å². The third kappa shape index (κ3) is 3.09. The highest BCUT2D eigenvalue weighted by atomic mass is 35.5. The van der Waals surface area contributed by atoms with E-state index >= 15 is 0 Å². The van der Waals surface area contributed by atoms with E-state index in [1.165, 1.54) is 0 Å². The van der Waals surface area contributed by atoms with Crippen molar-refractivity contribution in [1.82, 2.24) is 0 Å². The van der Waals surface area contributed by atoms with E-state index in [0.29, 0.717) is 0 Å². The molecule has 5 heteroatoms. The number of phenolic OH excluding ortho intramolecular Hbond substituents is 1. The Morgan fingerprint density at radius 2 is 1.15 bits per heavy atom. The third-order valence-corrected chi connectivity index (χ3v) is 5.26. The summed E-state index contributed by atoms with van der Waals surface area (Å²) in [5.74, 6) is -0.0763. The molecule has 3 aromatic carbocycles. The van der Waals surface area contributed by atoms with E-state index in [1.807, 2.05) is 36.4 Å². The number of rotatable bonds is 3. The standard InChI is InChI=1S/C21H18Cl2N2O/c22-18-13-15(14-19(23)20(18)26)21-24(16-7-3-1-4-8-16)11-12-25(21)17-9-5-2-6-10-17/h1-10,13-14,21,26H,11-12H2. The van der Waals surface area contributed by atoms with E-state index in [2.05, 4.69) is 34.1 Å². The second-order valence-electron chi connectivity index (χ2n) is 6.26. The van der Waals surface area contributed by atoms with Crippen LogP contribution in [0.5, 0.6) is 5.75 Å². The van der Waals surface area contributed by atoms with Crippen LogP contribution in [0.4, 0.5) is 11.4 Å². The van der Waals surface area contributed by atoms with Crippen molar-refractivity contribution in [2.75, 3.05) is 22.9 Å². The Kier molecular flexibility index (Phi) is 4.66. The Morgan fingerprint density at radius 1 is 0.731 bits per heavy atom. The summed E-state index contributed by atoms with van der Waals surface area (Å²) in [7, 11) is 0. The minimum atomic E-state index is -0.0763. The quantitative estimate of drug-likeness (QED) is 0.624. The van der Waals surface area contributed by atoms with Crippen LogP contribution in [-0.4, -0.2) is 18.2 Å². The zero-order valence-corrected chi connectivity index (χ0v) is 15.5. The van der Waals surface area contributed by atoms with E-state index in [1.54, 1.807) is 12.1 Å². The number of para-hydroxylation sites is 2. The number of halogens is 2. The zero-order chi connectivity index (χ0) is 18.1. The fourth-order valence-electron chi connectivity index (χ4n) is 3.50. The number of anilines is 2. The van der Waals surface area contributed by atoms with Gasteiger partial charge in [-0.15, -0.1) is 0 Å². The Hall–Kier alpha value is -2.36. The first-order chi connectivity index (χ1) is 12.6. The molecule has 1 N–H and O–H groups in total. The predicted molar refractivity (Wildman–Crippen MR) is 108 cm³/mol. The average molecular weight is 385 g/mol. The van der Waals surface area contributed by atoms with E-state index < -0.39 is 0 Å². The summed E-state index contributed by atoms with van der Waals surface area (Å²) in [6, 6.07) is 24.2. The number of nitrogens with zero attached hydrogens (tertiary/aromatic N) is 2. The van der Waals surface area contributed by atoms with Gasteiger partial charge >= 0.3 is 0 Å². The lowest BCUT2D eigenvalue weighted by atomic mass is 10.1. The van der Waals surface area contributed by atoms with Gasteiger partial charge in [0.1, 0.15) is 6.17 Å². The number of phenols is 1. The Labute approximate surface area is 163 Å². The highest BCUT2D eigenvalue weighted by Crippen LogP contribution is 2.41. The van der Waals surface area contributed by atoms with Crippen LogP contribution in [-0.2, 0) is 0 Å². The van der Waals surface area contributed by atoms with Crippen LogP contribution in [0.25, 0.3) is 0 Å². The summed E-state index contributed by atoms with van der Waals surface area (Å²) < 4.78 is 0. The first kappa shape index (κ1) is 17.1. The SMILES string of the molecule is Oc1c(Cl)cc(C2N(c3ccccc3)CCN2c2ccccc2)cc1Cl. The van der Waals surface area contributed by atoms with Crippen molar-refractivity contribution < 1.29 is 5.11 Å². The van der Waals surface area contributed by atoms with Gasteiger partial charge in [0.15, 0.2) is 5.75 Å². The first-order valence-electron chi connectivity index (χ1n) is 8.46. The lowest BCUT2D eigenvalue weighted by Crippen LogP contribution is -2.30. The predicted octanol–water partition coefficient (Wildman–Crippen LogP) is 5.72. The molecular formula is C21H18Cl2N2O. The van der Waals surface area contributed by atoms with Crippen molar-refractivity contribution in [3.63, 3.8) is 0 Å². The molecule has 0 amide bonds. The molecule has 1 aliphatic heterocycles. The third-order valence-electron chi connectivity index (χ3n) is 4.69. The van der Waals surface area contributed by atoms with Crippen molar-refractivity contribution >= 4 is 34.6 Å². The van der Waals surface area contributed by atoms with Crippen LogP contribution in [0.3, 0.4) is 0 Å².